The summed E-state index contributed by atoms with van der Waals surface area (Å²) in [5, 5.41) is 6.17. The molecule has 5 heteroatoms. The van der Waals surface area contributed by atoms with Gasteiger partial charge >= 0.3 is 0 Å². The Morgan fingerprint density at radius 3 is 2.76 bits per heavy atom. The standard InChI is InChI=1S/C12H27N3O2/c1-3-8-15-12(16)6-9-14-11(10-17-2)5-4-7-13/h11,14H,3-10,13H2,1-2H3,(H,15,16). The summed E-state index contributed by atoms with van der Waals surface area (Å²) in [6.07, 6.45) is 3.45. The van der Waals surface area contributed by atoms with Gasteiger partial charge in [-0.15, -0.1) is 0 Å². The summed E-state index contributed by atoms with van der Waals surface area (Å²) in [5.74, 6) is 0.106. The summed E-state index contributed by atoms with van der Waals surface area (Å²) in [7, 11) is 1.69. The zero-order chi connectivity index (χ0) is 12.9. The van der Waals surface area contributed by atoms with Crippen molar-refractivity contribution in [2.75, 3.05) is 33.4 Å². The van der Waals surface area contributed by atoms with Gasteiger partial charge in [0, 0.05) is 32.7 Å². The average Bonchev–Trinajstić information content (AvgIpc) is 2.33. The highest BCUT2D eigenvalue weighted by molar-refractivity contribution is 5.75. The number of rotatable bonds is 11. The fourth-order valence-electron chi connectivity index (χ4n) is 1.55. The van der Waals surface area contributed by atoms with Gasteiger partial charge in [-0.1, -0.05) is 6.92 Å². The zero-order valence-corrected chi connectivity index (χ0v) is 11.1. The van der Waals surface area contributed by atoms with Crippen LogP contribution in [-0.4, -0.2) is 45.3 Å². The van der Waals surface area contributed by atoms with E-state index in [4.69, 9.17) is 10.5 Å². The zero-order valence-electron chi connectivity index (χ0n) is 11.1. The molecule has 102 valence electrons. The summed E-state index contributed by atoms with van der Waals surface area (Å²) in [5.41, 5.74) is 5.47. The number of hydrogen-bond donors (Lipinski definition) is 3. The van der Waals surface area contributed by atoms with Crippen LogP contribution in [0.25, 0.3) is 0 Å². The van der Waals surface area contributed by atoms with Crippen LogP contribution in [0.2, 0.25) is 0 Å². The third-order valence-electron chi connectivity index (χ3n) is 2.48. The molecule has 4 N–H and O–H groups in total. The Labute approximate surface area is 104 Å². The Balaban J connectivity index is 3.61. The Morgan fingerprint density at radius 1 is 1.41 bits per heavy atom. The number of amides is 1. The Morgan fingerprint density at radius 2 is 2.18 bits per heavy atom. The van der Waals surface area contributed by atoms with Gasteiger partial charge in [-0.05, 0) is 25.8 Å². The SMILES string of the molecule is CCCNC(=O)CCNC(CCCN)COC. The van der Waals surface area contributed by atoms with Crippen molar-refractivity contribution in [2.24, 2.45) is 5.73 Å². The van der Waals surface area contributed by atoms with Crippen molar-refractivity contribution in [3.05, 3.63) is 0 Å². The van der Waals surface area contributed by atoms with Gasteiger partial charge in [0.15, 0.2) is 0 Å². The second-order valence-corrected chi connectivity index (χ2v) is 4.14. The number of nitrogens with one attached hydrogen (secondary N) is 2. The Bertz CT molecular complexity index is 189. The Kier molecular flexibility index (Phi) is 11.4. The molecule has 0 aromatic rings. The largest absolute Gasteiger partial charge is 0.383 e. The van der Waals surface area contributed by atoms with Gasteiger partial charge in [-0.3, -0.25) is 4.79 Å². The predicted octanol–water partition coefficient (Wildman–Crippen LogP) is 0.246. The maximum absolute atomic E-state index is 11.4. The number of nitrogens with two attached hydrogens (primary N) is 1. The molecule has 17 heavy (non-hydrogen) atoms. The van der Waals surface area contributed by atoms with Crippen molar-refractivity contribution in [1.82, 2.24) is 10.6 Å². The molecule has 0 bridgehead atoms. The topological polar surface area (TPSA) is 76.4 Å². The number of hydrogen-bond acceptors (Lipinski definition) is 4. The smallest absolute Gasteiger partial charge is 0.221 e. The summed E-state index contributed by atoms with van der Waals surface area (Å²) in [6.45, 7) is 4.84. The van der Waals surface area contributed by atoms with E-state index in [1.54, 1.807) is 7.11 Å². The number of ether oxygens (including phenoxy) is 1. The molecule has 5 nitrogen and oxygen atoms in total. The molecule has 0 rings (SSSR count). The van der Waals surface area contributed by atoms with Gasteiger partial charge in [0.05, 0.1) is 6.61 Å². The van der Waals surface area contributed by atoms with Crippen molar-refractivity contribution in [3.8, 4) is 0 Å². The molecule has 0 aliphatic carbocycles. The van der Waals surface area contributed by atoms with Gasteiger partial charge in [-0.2, -0.15) is 0 Å². The molecule has 0 aliphatic heterocycles. The molecule has 0 saturated heterocycles. The van der Waals surface area contributed by atoms with Crippen LogP contribution in [0.15, 0.2) is 0 Å². The van der Waals surface area contributed by atoms with Crippen molar-refractivity contribution < 1.29 is 9.53 Å². The molecule has 0 spiro atoms. The quantitative estimate of drug-likeness (QED) is 0.487. The summed E-state index contributed by atoms with van der Waals surface area (Å²) < 4.78 is 5.12. The first-order valence-corrected chi connectivity index (χ1v) is 6.43. The van der Waals surface area contributed by atoms with E-state index in [1.165, 1.54) is 0 Å². The number of carbonyl (C=O) groups excluding carboxylic acids is 1. The molecule has 0 heterocycles. The molecule has 0 saturated carbocycles. The van der Waals surface area contributed by atoms with E-state index in [2.05, 4.69) is 10.6 Å². The molecule has 1 amide bonds. The monoisotopic (exact) mass is 245 g/mol. The Hall–Kier alpha value is -0.650. The van der Waals surface area contributed by atoms with Crippen LogP contribution in [0.3, 0.4) is 0 Å². The number of carbonyl (C=O) groups is 1. The van der Waals surface area contributed by atoms with E-state index >= 15 is 0 Å². The molecule has 0 radical (unpaired) electrons. The summed E-state index contributed by atoms with van der Waals surface area (Å²) in [4.78, 5) is 11.4. The van der Waals surface area contributed by atoms with Crippen molar-refractivity contribution in [1.29, 1.82) is 0 Å². The third kappa shape index (κ3) is 10.2. The van der Waals surface area contributed by atoms with Crippen molar-refractivity contribution in [2.45, 2.75) is 38.6 Å². The second kappa shape index (κ2) is 11.8. The fraction of sp³-hybridized carbons (Fsp3) is 0.917. The molecule has 1 atom stereocenters. The van der Waals surface area contributed by atoms with Crippen LogP contribution in [0.4, 0.5) is 0 Å². The lowest BCUT2D eigenvalue weighted by Gasteiger charge is -2.17. The molecular formula is C12H27N3O2. The molecular weight excluding hydrogens is 218 g/mol. The fourth-order valence-corrected chi connectivity index (χ4v) is 1.55. The van der Waals surface area contributed by atoms with E-state index < -0.39 is 0 Å². The van der Waals surface area contributed by atoms with E-state index in [0.717, 1.165) is 25.8 Å². The van der Waals surface area contributed by atoms with E-state index in [1.807, 2.05) is 6.92 Å². The van der Waals surface area contributed by atoms with Crippen LogP contribution < -0.4 is 16.4 Å². The molecule has 0 fully saturated rings. The lowest BCUT2D eigenvalue weighted by atomic mass is 10.1. The molecule has 0 aromatic carbocycles. The minimum absolute atomic E-state index is 0.106. The molecule has 0 aliphatic rings. The predicted molar refractivity (Wildman–Crippen MR) is 69.9 cm³/mol. The van der Waals surface area contributed by atoms with Crippen LogP contribution in [0.1, 0.15) is 32.6 Å². The highest BCUT2D eigenvalue weighted by Crippen LogP contribution is 1.97. The van der Waals surface area contributed by atoms with Crippen LogP contribution in [-0.2, 0) is 9.53 Å². The highest BCUT2D eigenvalue weighted by Gasteiger charge is 2.08. The lowest BCUT2D eigenvalue weighted by molar-refractivity contribution is -0.121. The lowest BCUT2D eigenvalue weighted by Crippen LogP contribution is -2.36. The van der Waals surface area contributed by atoms with Gasteiger partial charge < -0.3 is 21.1 Å². The normalized spacial score (nSPS) is 12.4. The minimum Gasteiger partial charge on any atom is -0.383 e. The maximum atomic E-state index is 11.4. The van der Waals surface area contributed by atoms with Crippen LogP contribution in [0, 0.1) is 0 Å². The highest BCUT2D eigenvalue weighted by atomic mass is 16.5. The van der Waals surface area contributed by atoms with E-state index in [9.17, 15) is 4.79 Å². The van der Waals surface area contributed by atoms with E-state index in [-0.39, 0.29) is 5.91 Å². The van der Waals surface area contributed by atoms with Crippen LogP contribution in [0.5, 0.6) is 0 Å². The third-order valence-corrected chi connectivity index (χ3v) is 2.48. The maximum Gasteiger partial charge on any atom is 0.221 e. The number of methoxy groups -OCH3 is 1. The van der Waals surface area contributed by atoms with Gasteiger partial charge in [0.1, 0.15) is 0 Å². The summed E-state index contributed by atoms with van der Waals surface area (Å²) in [6, 6.07) is 0.294. The first kappa shape index (κ1) is 16.4. The molecule has 0 aromatic heterocycles. The van der Waals surface area contributed by atoms with Gasteiger partial charge in [-0.25, -0.2) is 0 Å². The first-order chi connectivity index (χ1) is 8.24. The van der Waals surface area contributed by atoms with Crippen molar-refractivity contribution in [3.63, 3.8) is 0 Å². The summed E-state index contributed by atoms with van der Waals surface area (Å²) >= 11 is 0. The molecule has 1 unspecified atom stereocenters. The van der Waals surface area contributed by atoms with E-state index in [0.29, 0.717) is 32.2 Å². The second-order valence-electron chi connectivity index (χ2n) is 4.14. The van der Waals surface area contributed by atoms with Crippen LogP contribution >= 0.6 is 0 Å². The average molecular weight is 245 g/mol. The minimum atomic E-state index is 0.106. The van der Waals surface area contributed by atoms with Gasteiger partial charge in [0.2, 0.25) is 5.91 Å². The van der Waals surface area contributed by atoms with Crippen molar-refractivity contribution >= 4 is 5.91 Å². The first-order valence-electron chi connectivity index (χ1n) is 6.43. The van der Waals surface area contributed by atoms with Gasteiger partial charge in [0.25, 0.3) is 0 Å².